The van der Waals surface area contributed by atoms with Crippen molar-refractivity contribution in [2.24, 2.45) is 4.36 Å². The Bertz CT molecular complexity index is 606. The number of aliphatic hydroxyl groups excluding tert-OH is 1. The Morgan fingerprint density at radius 1 is 1.45 bits per heavy atom. The second-order valence-electron chi connectivity index (χ2n) is 3.86. The molecule has 0 fully saturated rings. The quantitative estimate of drug-likeness (QED) is 0.920. The number of aliphatic hydroxyl groups is 1. The third-order valence-electron chi connectivity index (χ3n) is 2.06. The Morgan fingerprint density at radius 2 is 2.10 bits per heavy atom. The van der Waals surface area contributed by atoms with Crippen molar-refractivity contribution in [3.8, 4) is 5.75 Å². The molecule has 1 aromatic rings. The lowest BCUT2D eigenvalue weighted by Crippen LogP contribution is -2.17. The molecule has 1 aromatic carbocycles. The second-order valence-corrected chi connectivity index (χ2v) is 6.37. The first-order chi connectivity index (χ1) is 9.13. The topological polar surface area (TPSA) is 76.0 Å². The van der Waals surface area contributed by atoms with Crippen LogP contribution in [0.1, 0.15) is 10.4 Å². The molecule has 0 radical (unpaired) electrons. The number of carbonyl (C=O) groups excluding carboxylic acids is 1. The molecule has 0 aliphatic carbocycles. The Hall–Kier alpha value is -1.61. The highest BCUT2D eigenvalue weighted by atomic mass is 32.2. The van der Waals surface area contributed by atoms with Gasteiger partial charge in [0.05, 0.1) is 22.1 Å². The van der Waals surface area contributed by atoms with Crippen molar-refractivity contribution in [2.45, 2.75) is 6.36 Å². The maximum absolute atomic E-state index is 12.0. The maximum atomic E-state index is 12.0. The monoisotopic (exact) mass is 311 g/mol. The van der Waals surface area contributed by atoms with Crippen molar-refractivity contribution in [1.29, 1.82) is 0 Å². The molecule has 0 aliphatic heterocycles. The van der Waals surface area contributed by atoms with E-state index in [9.17, 15) is 22.2 Å². The zero-order chi connectivity index (χ0) is 15.4. The molecule has 20 heavy (non-hydrogen) atoms. The number of nitrogens with zero attached hydrogens (tertiary/aromatic N) is 1. The zero-order valence-electron chi connectivity index (χ0n) is 10.4. The highest BCUT2D eigenvalue weighted by Crippen LogP contribution is 2.23. The van der Waals surface area contributed by atoms with Gasteiger partial charge in [0.2, 0.25) is 0 Å². The van der Waals surface area contributed by atoms with Crippen molar-refractivity contribution in [3.63, 3.8) is 0 Å². The fourth-order valence-corrected chi connectivity index (χ4v) is 2.16. The van der Waals surface area contributed by atoms with Crippen LogP contribution < -0.4 is 4.74 Å². The summed E-state index contributed by atoms with van der Waals surface area (Å²) in [6.45, 7) is -0.413. The highest BCUT2D eigenvalue weighted by Gasteiger charge is 2.31. The van der Waals surface area contributed by atoms with Gasteiger partial charge < -0.3 is 9.84 Å². The van der Waals surface area contributed by atoms with E-state index in [1.165, 1.54) is 18.4 Å². The van der Waals surface area contributed by atoms with Gasteiger partial charge in [-0.15, -0.1) is 13.2 Å². The molecule has 1 N–H and O–H groups in total. The first kappa shape index (κ1) is 16.4. The summed E-state index contributed by atoms with van der Waals surface area (Å²) in [5, 5.41) is 8.66. The minimum absolute atomic E-state index is 0.181. The number of rotatable bonds is 4. The lowest BCUT2D eigenvalue weighted by Gasteiger charge is -2.09. The highest BCUT2D eigenvalue weighted by molar-refractivity contribution is 7.93. The molecule has 1 unspecified atom stereocenters. The van der Waals surface area contributed by atoms with Crippen LogP contribution in [-0.4, -0.2) is 40.2 Å². The Balaban J connectivity index is 3.01. The molecule has 0 aliphatic rings. The van der Waals surface area contributed by atoms with Gasteiger partial charge in [0, 0.05) is 11.8 Å². The van der Waals surface area contributed by atoms with Crippen molar-refractivity contribution in [3.05, 3.63) is 29.8 Å². The third-order valence-corrected chi connectivity index (χ3v) is 3.55. The van der Waals surface area contributed by atoms with Crippen LogP contribution >= 0.6 is 0 Å². The van der Waals surface area contributed by atoms with E-state index >= 15 is 0 Å². The smallest absolute Gasteiger partial charge is 0.406 e. The average molecular weight is 311 g/mol. The predicted molar refractivity (Wildman–Crippen MR) is 65.9 cm³/mol. The number of amides is 1. The van der Waals surface area contributed by atoms with Crippen LogP contribution in [0.2, 0.25) is 0 Å². The van der Waals surface area contributed by atoms with E-state index in [0.29, 0.717) is 0 Å². The number of carbonyl (C=O) groups is 1. The molecule has 0 aromatic heterocycles. The van der Waals surface area contributed by atoms with Gasteiger partial charge in [-0.2, -0.15) is 4.36 Å². The van der Waals surface area contributed by atoms with Gasteiger partial charge in [0.15, 0.2) is 0 Å². The number of alkyl halides is 3. The van der Waals surface area contributed by atoms with Gasteiger partial charge in [0.1, 0.15) is 5.75 Å². The molecule has 0 heterocycles. The SMILES string of the molecule is CS(=O)(CCO)=NC(=O)c1cccc(OC(F)(F)F)c1. The number of ether oxygens (including phenoxy) is 1. The lowest BCUT2D eigenvalue weighted by molar-refractivity contribution is -0.274. The number of hydrogen-bond acceptors (Lipinski definition) is 4. The summed E-state index contributed by atoms with van der Waals surface area (Å²) in [5.74, 6) is -1.70. The van der Waals surface area contributed by atoms with Gasteiger partial charge in [-0.3, -0.25) is 4.79 Å². The van der Waals surface area contributed by atoms with Crippen LogP contribution in [0.4, 0.5) is 13.2 Å². The van der Waals surface area contributed by atoms with Crippen molar-refractivity contribution in [2.75, 3.05) is 18.6 Å². The Kier molecular flexibility index (Phi) is 5.12. The molecular weight excluding hydrogens is 299 g/mol. The Morgan fingerprint density at radius 3 is 2.65 bits per heavy atom. The standard InChI is InChI=1S/C11H12F3NO4S/c1-20(18,6-5-16)15-10(17)8-3-2-4-9(7-8)19-11(12,13)14/h2-4,7,16H,5-6H2,1H3. The minimum Gasteiger partial charge on any atom is -0.406 e. The predicted octanol–water partition coefficient (Wildman–Crippen LogP) is 1.82. The molecule has 0 spiro atoms. The largest absolute Gasteiger partial charge is 0.573 e. The number of hydrogen-bond donors (Lipinski definition) is 1. The summed E-state index contributed by atoms with van der Waals surface area (Å²) in [5.41, 5.74) is -0.181. The van der Waals surface area contributed by atoms with Gasteiger partial charge in [-0.25, -0.2) is 4.21 Å². The van der Waals surface area contributed by atoms with Crippen LogP contribution in [0.3, 0.4) is 0 Å². The fourth-order valence-electron chi connectivity index (χ4n) is 1.27. The van der Waals surface area contributed by atoms with Gasteiger partial charge in [-0.05, 0) is 18.2 Å². The van der Waals surface area contributed by atoms with E-state index in [1.54, 1.807) is 0 Å². The number of halogens is 3. The lowest BCUT2D eigenvalue weighted by atomic mass is 10.2. The van der Waals surface area contributed by atoms with Crippen molar-refractivity contribution < 1.29 is 32.0 Å². The van der Waals surface area contributed by atoms with Gasteiger partial charge in [0.25, 0.3) is 5.91 Å². The molecule has 1 rings (SSSR count). The molecule has 1 amide bonds. The minimum atomic E-state index is -4.87. The summed E-state index contributed by atoms with van der Waals surface area (Å²) < 4.78 is 54.9. The second kappa shape index (κ2) is 6.23. The number of benzene rings is 1. The molecular formula is C11H12F3NO4S. The molecule has 5 nitrogen and oxygen atoms in total. The van der Waals surface area contributed by atoms with Crippen molar-refractivity contribution >= 4 is 15.6 Å². The van der Waals surface area contributed by atoms with E-state index in [4.69, 9.17) is 5.11 Å². The summed E-state index contributed by atoms with van der Waals surface area (Å²) in [6.07, 6.45) is -3.69. The average Bonchev–Trinajstić information content (AvgIpc) is 2.26. The van der Waals surface area contributed by atoms with E-state index in [-0.39, 0.29) is 11.3 Å². The molecule has 0 saturated heterocycles. The first-order valence-electron chi connectivity index (χ1n) is 5.34. The van der Waals surface area contributed by atoms with Gasteiger partial charge >= 0.3 is 6.36 Å². The van der Waals surface area contributed by atoms with Gasteiger partial charge in [-0.1, -0.05) is 6.07 Å². The maximum Gasteiger partial charge on any atom is 0.573 e. The third kappa shape index (κ3) is 5.57. The molecule has 9 heteroatoms. The summed E-state index contributed by atoms with van der Waals surface area (Å²) in [4.78, 5) is 11.7. The van der Waals surface area contributed by atoms with Crippen LogP contribution in [0.5, 0.6) is 5.75 Å². The van der Waals surface area contributed by atoms with Crippen LogP contribution in [0, 0.1) is 0 Å². The molecule has 1 atom stereocenters. The van der Waals surface area contributed by atoms with E-state index in [0.717, 1.165) is 12.1 Å². The molecule has 0 saturated carbocycles. The molecule has 112 valence electrons. The summed E-state index contributed by atoms with van der Waals surface area (Å²) >= 11 is 0. The van der Waals surface area contributed by atoms with Crippen LogP contribution in [0.15, 0.2) is 28.6 Å². The normalized spacial score (nSPS) is 14.4. The zero-order valence-corrected chi connectivity index (χ0v) is 11.2. The van der Waals surface area contributed by atoms with Crippen LogP contribution in [-0.2, 0) is 9.73 Å². The van der Waals surface area contributed by atoms with E-state index in [2.05, 4.69) is 9.10 Å². The summed E-state index contributed by atoms with van der Waals surface area (Å²) in [6, 6.07) is 4.30. The van der Waals surface area contributed by atoms with E-state index in [1.807, 2.05) is 0 Å². The Labute approximate surface area is 113 Å². The van der Waals surface area contributed by atoms with Crippen molar-refractivity contribution in [1.82, 2.24) is 0 Å². The molecule has 0 bridgehead atoms. The fraction of sp³-hybridized carbons (Fsp3) is 0.364. The summed E-state index contributed by atoms with van der Waals surface area (Å²) in [7, 11) is -2.91. The first-order valence-corrected chi connectivity index (χ1v) is 7.43. The van der Waals surface area contributed by atoms with Crippen LogP contribution in [0.25, 0.3) is 0 Å². The van der Waals surface area contributed by atoms with E-state index < -0.39 is 34.4 Å².